The van der Waals surface area contributed by atoms with Crippen LogP contribution >= 0.6 is 11.8 Å². The van der Waals surface area contributed by atoms with Gasteiger partial charge in [0.15, 0.2) is 0 Å². The molecule has 2 amide bonds. The van der Waals surface area contributed by atoms with Crippen LogP contribution < -0.4 is 10.6 Å². The molecule has 0 radical (unpaired) electrons. The van der Waals surface area contributed by atoms with Crippen LogP contribution in [0, 0.1) is 6.92 Å². The highest BCUT2D eigenvalue weighted by Crippen LogP contribution is 2.36. The van der Waals surface area contributed by atoms with Crippen LogP contribution in [0.15, 0.2) is 24.3 Å². The molecule has 2 heterocycles. The fourth-order valence-electron chi connectivity index (χ4n) is 2.85. The normalized spacial score (nSPS) is 12.9. The van der Waals surface area contributed by atoms with Gasteiger partial charge in [-0.15, -0.1) is 0 Å². The van der Waals surface area contributed by atoms with Crippen molar-refractivity contribution < 1.29 is 14.3 Å². The van der Waals surface area contributed by atoms with Gasteiger partial charge in [0, 0.05) is 30.2 Å². The number of thioether (sulfide) groups is 1. The van der Waals surface area contributed by atoms with Gasteiger partial charge in [-0.05, 0) is 39.3 Å². The predicted molar refractivity (Wildman–Crippen MR) is 111 cm³/mol. The number of hydrogen-bond acceptors (Lipinski definition) is 5. The molecule has 0 bridgehead atoms. The smallest absolute Gasteiger partial charge is 0.314 e. The summed E-state index contributed by atoms with van der Waals surface area (Å²) in [7, 11) is 0. The number of anilines is 1. The van der Waals surface area contributed by atoms with Crippen molar-refractivity contribution in [3.05, 3.63) is 41.1 Å². The van der Waals surface area contributed by atoms with Gasteiger partial charge in [-0.1, -0.05) is 17.7 Å². The molecule has 0 atom stereocenters. The summed E-state index contributed by atoms with van der Waals surface area (Å²) in [4.78, 5) is 24.6. The molecule has 2 aromatic rings. The van der Waals surface area contributed by atoms with Crippen LogP contribution in [0.2, 0.25) is 0 Å². The van der Waals surface area contributed by atoms with Crippen molar-refractivity contribution in [2.45, 2.75) is 44.8 Å². The topological polar surface area (TPSA) is 85.2 Å². The molecule has 1 aromatic heterocycles. The molecule has 7 nitrogen and oxygen atoms in total. The summed E-state index contributed by atoms with van der Waals surface area (Å²) >= 11 is 1.75. The first-order valence-electron chi connectivity index (χ1n) is 9.42. The molecule has 0 aliphatic carbocycles. The summed E-state index contributed by atoms with van der Waals surface area (Å²) in [5.74, 6) is 0.815. The molecule has 8 heteroatoms. The zero-order chi connectivity index (χ0) is 20.1. The predicted octanol–water partition coefficient (Wildman–Crippen LogP) is 2.80. The first-order chi connectivity index (χ1) is 13.5. The molecular weight excluding hydrogens is 376 g/mol. The average Bonchev–Trinajstić information content (AvgIpc) is 3.24. The second-order valence-corrected chi connectivity index (χ2v) is 7.98. The van der Waals surface area contributed by atoms with Crippen molar-refractivity contribution in [3.8, 4) is 5.69 Å². The lowest BCUT2D eigenvalue weighted by molar-refractivity contribution is -0.136. The van der Waals surface area contributed by atoms with E-state index >= 15 is 0 Å². The fourth-order valence-corrected chi connectivity index (χ4v) is 3.89. The molecule has 1 aromatic carbocycles. The number of aromatic nitrogens is 2. The zero-order valence-corrected chi connectivity index (χ0v) is 17.3. The summed E-state index contributed by atoms with van der Waals surface area (Å²) in [6, 6.07) is 7.90. The quantitative estimate of drug-likeness (QED) is 0.549. The standard InChI is InChI=1S/C20H26N4O3S/c1-13(2)27-10-4-9-21-19(25)20(26)22-18-16-11-28-12-17(16)23-24(18)15-7-5-14(3)6-8-15/h5-8,13H,4,9-12H2,1-3H3,(H,21,25)(H,22,26). The molecule has 0 spiro atoms. The van der Waals surface area contributed by atoms with E-state index in [0.717, 1.165) is 34.0 Å². The molecule has 3 rings (SSSR count). The van der Waals surface area contributed by atoms with E-state index in [9.17, 15) is 9.59 Å². The molecule has 0 saturated heterocycles. The van der Waals surface area contributed by atoms with Crippen molar-refractivity contribution >= 4 is 29.4 Å². The van der Waals surface area contributed by atoms with Crippen LogP contribution in [-0.4, -0.2) is 40.9 Å². The Bertz CT molecular complexity index is 846. The number of aryl methyl sites for hydroxylation is 1. The maximum absolute atomic E-state index is 12.4. The lowest BCUT2D eigenvalue weighted by Crippen LogP contribution is -2.36. The largest absolute Gasteiger partial charge is 0.379 e. The van der Waals surface area contributed by atoms with Crippen LogP contribution in [0.4, 0.5) is 5.82 Å². The van der Waals surface area contributed by atoms with Crippen molar-refractivity contribution in [1.29, 1.82) is 0 Å². The molecule has 0 unspecified atom stereocenters. The third-order valence-electron chi connectivity index (χ3n) is 4.33. The van der Waals surface area contributed by atoms with Crippen molar-refractivity contribution in [1.82, 2.24) is 15.1 Å². The van der Waals surface area contributed by atoms with Gasteiger partial charge in [-0.3, -0.25) is 9.59 Å². The minimum atomic E-state index is -0.683. The molecule has 0 fully saturated rings. The lowest BCUT2D eigenvalue weighted by atomic mass is 10.2. The van der Waals surface area contributed by atoms with Gasteiger partial charge in [-0.2, -0.15) is 16.9 Å². The van der Waals surface area contributed by atoms with E-state index < -0.39 is 11.8 Å². The number of benzene rings is 1. The minimum Gasteiger partial charge on any atom is -0.379 e. The molecule has 1 aliphatic rings. The molecular formula is C20H26N4O3S. The third-order valence-corrected chi connectivity index (χ3v) is 5.30. The van der Waals surface area contributed by atoms with Crippen LogP contribution in [0.5, 0.6) is 0 Å². The SMILES string of the molecule is Cc1ccc(-n2nc3c(c2NC(=O)C(=O)NCCCOC(C)C)CSC3)cc1. The van der Waals surface area contributed by atoms with Gasteiger partial charge in [0.1, 0.15) is 5.82 Å². The summed E-state index contributed by atoms with van der Waals surface area (Å²) < 4.78 is 7.14. The second kappa shape index (κ2) is 9.25. The highest BCUT2D eigenvalue weighted by atomic mass is 32.2. The number of ether oxygens (including phenoxy) is 1. The van der Waals surface area contributed by atoms with Crippen molar-refractivity contribution in [3.63, 3.8) is 0 Å². The lowest BCUT2D eigenvalue weighted by Gasteiger charge is -2.12. The first-order valence-corrected chi connectivity index (χ1v) is 10.6. The summed E-state index contributed by atoms with van der Waals surface area (Å²) in [6.45, 7) is 6.87. The zero-order valence-electron chi connectivity index (χ0n) is 16.4. The Morgan fingerprint density at radius 3 is 2.68 bits per heavy atom. The maximum Gasteiger partial charge on any atom is 0.314 e. The Labute approximate surface area is 169 Å². The van der Waals surface area contributed by atoms with E-state index in [2.05, 4.69) is 15.7 Å². The number of nitrogens with zero attached hydrogens (tertiary/aromatic N) is 2. The Morgan fingerprint density at radius 2 is 1.96 bits per heavy atom. The first kappa shape index (κ1) is 20.4. The molecule has 150 valence electrons. The Balaban J connectivity index is 1.67. The number of nitrogens with one attached hydrogen (secondary N) is 2. The van der Waals surface area contributed by atoms with Crippen LogP contribution in [0.1, 0.15) is 37.1 Å². The van der Waals surface area contributed by atoms with Gasteiger partial charge in [-0.25, -0.2) is 4.68 Å². The number of rotatable bonds is 7. The third kappa shape index (κ3) is 4.94. The van der Waals surface area contributed by atoms with Crippen LogP contribution in [0.3, 0.4) is 0 Å². The van der Waals surface area contributed by atoms with E-state index in [-0.39, 0.29) is 6.10 Å². The highest BCUT2D eigenvalue weighted by Gasteiger charge is 2.26. The minimum absolute atomic E-state index is 0.154. The van der Waals surface area contributed by atoms with Gasteiger partial charge in [0.25, 0.3) is 0 Å². The number of amides is 2. The molecule has 0 saturated carbocycles. The Hall–Kier alpha value is -2.32. The number of fused-ring (bicyclic) bond motifs is 1. The van der Waals surface area contributed by atoms with Crippen LogP contribution in [0.25, 0.3) is 5.69 Å². The van der Waals surface area contributed by atoms with Gasteiger partial charge >= 0.3 is 11.8 Å². The van der Waals surface area contributed by atoms with E-state index in [1.807, 2.05) is 45.0 Å². The molecule has 2 N–H and O–H groups in total. The van der Waals surface area contributed by atoms with Gasteiger partial charge in [0.2, 0.25) is 0 Å². The summed E-state index contributed by atoms with van der Waals surface area (Å²) in [6.07, 6.45) is 0.811. The van der Waals surface area contributed by atoms with E-state index in [4.69, 9.17) is 4.74 Å². The summed E-state index contributed by atoms with van der Waals surface area (Å²) in [5.41, 5.74) is 3.93. The maximum atomic E-state index is 12.4. The Kier molecular flexibility index (Phi) is 6.74. The molecule has 1 aliphatic heterocycles. The van der Waals surface area contributed by atoms with Gasteiger partial charge < -0.3 is 15.4 Å². The number of hydrogen-bond donors (Lipinski definition) is 2. The number of carbonyl (C=O) groups excluding carboxylic acids is 2. The van der Waals surface area contributed by atoms with Crippen molar-refractivity contribution in [2.24, 2.45) is 0 Å². The molecule has 28 heavy (non-hydrogen) atoms. The number of carbonyl (C=O) groups is 2. The van der Waals surface area contributed by atoms with Crippen LogP contribution in [-0.2, 0) is 25.8 Å². The van der Waals surface area contributed by atoms with Crippen molar-refractivity contribution in [2.75, 3.05) is 18.5 Å². The van der Waals surface area contributed by atoms with Gasteiger partial charge in [0.05, 0.1) is 17.5 Å². The second-order valence-electron chi connectivity index (χ2n) is 7.00. The monoisotopic (exact) mass is 402 g/mol. The van der Waals surface area contributed by atoms with E-state index in [1.54, 1.807) is 16.4 Å². The average molecular weight is 403 g/mol. The Morgan fingerprint density at radius 1 is 1.21 bits per heavy atom. The van der Waals surface area contributed by atoms with E-state index in [0.29, 0.717) is 25.4 Å². The fraction of sp³-hybridized carbons (Fsp3) is 0.450. The van der Waals surface area contributed by atoms with E-state index in [1.165, 1.54) is 0 Å². The highest BCUT2D eigenvalue weighted by molar-refractivity contribution is 7.98. The summed E-state index contributed by atoms with van der Waals surface area (Å²) in [5, 5.41) is 10.0.